The van der Waals surface area contributed by atoms with E-state index < -0.39 is 88.1 Å². The molecule has 1 unspecified atom stereocenters. The minimum Gasteiger partial charge on any atom is -0.395 e. The number of rotatable bonds is 9. The second-order valence-electron chi connectivity index (χ2n) is 13.5. The predicted molar refractivity (Wildman–Crippen MR) is 159 cm³/mol. The van der Waals surface area contributed by atoms with Crippen LogP contribution in [0.1, 0.15) is 86.6 Å². The van der Waals surface area contributed by atoms with E-state index in [-0.39, 0.29) is 41.7 Å². The Morgan fingerprint density at radius 1 is 1.07 bits per heavy atom. The zero-order chi connectivity index (χ0) is 33.1. The molecule has 15 heteroatoms. The number of aliphatic hydroxyl groups excluding tert-OH is 3. The van der Waals surface area contributed by atoms with E-state index in [9.17, 15) is 42.4 Å². The van der Waals surface area contributed by atoms with Crippen LogP contribution in [-0.2, 0) is 6.42 Å². The molecule has 0 amide bonds. The van der Waals surface area contributed by atoms with Crippen LogP contribution < -0.4 is 0 Å². The number of thiol groups is 1. The summed E-state index contributed by atoms with van der Waals surface area (Å²) in [5, 5.41) is 56.6. The van der Waals surface area contributed by atoms with E-state index in [0.717, 1.165) is 35.2 Å². The van der Waals surface area contributed by atoms with Gasteiger partial charge in [-0.1, -0.05) is 24.2 Å². The molecule has 0 radical (unpaired) electrons. The van der Waals surface area contributed by atoms with E-state index in [2.05, 4.69) is 15.5 Å². The lowest BCUT2D eigenvalue weighted by molar-refractivity contribution is -0.105. The topological polar surface area (TPSA) is 138 Å². The van der Waals surface area contributed by atoms with E-state index in [1.54, 1.807) is 0 Å². The summed E-state index contributed by atoms with van der Waals surface area (Å²) in [4.78, 5) is 0. The van der Waals surface area contributed by atoms with E-state index >= 15 is 0 Å². The van der Waals surface area contributed by atoms with Gasteiger partial charge < -0.3 is 24.9 Å². The summed E-state index contributed by atoms with van der Waals surface area (Å²) in [5.74, 6) is -6.37. The minimum absolute atomic E-state index is 0.0204. The van der Waals surface area contributed by atoms with Crippen molar-refractivity contribution in [3.05, 3.63) is 52.8 Å². The summed E-state index contributed by atoms with van der Waals surface area (Å²) in [6, 6.07) is 0.336. The summed E-state index contributed by atoms with van der Waals surface area (Å²) in [6.45, 7) is 3.50. The molecule has 2 aliphatic carbocycles. The fraction of sp³-hybridized carbons (Fsp3) is 0.645. The molecule has 9 nitrogen and oxygen atoms in total. The molecule has 1 saturated heterocycles. The molecule has 0 spiro atoms. The van der Waals surface area contributed by atoms with Gasteiger partial charge in [-0.05, 0) is 50.2 Å². The molecule has 3 heterocycles. The molecule has 2 saturated carbocycles. The first-order valence-electron chi connectivity index (χ1n) is 15.6. The fourth-order valence-electron chi connectivity index (χ4n) is 7.08. The Bertz CT molecular complexity index is 1530. The number of aliphatic hydroxyl groups is 4. The highest BCUT2D eigenvalue weighted by Crippen LogP contribution is 2.62. The Morgan fingerprint density at radius 3 is 2.30 bits per heavy atom. The van der Waals surface area contributed by atoms with Crippen LogP contribution in [0, 0.1) is 23.4 Å². The summed E-state index contributed by atoms with van der Waals surface area (Å²) in [5.41, 5.74) is -0.565. The Labute approximate surface area is 265 Å². The Balaban J connectivity index is 1.37. The molecule has 6 rings (SSSR count). The molecule has 6 atom stereocenters. The van der Waals surface area contributed by atoms with Gasteiger partial charge in [0.15, 0.2) is 17.5 Å². The van der Waals surface area contributed by atoms with Gasteiger partial charge in [0.05, 0.1) is 35.9 Å². The van der Waals surface area contributed by atoms with Crippen LogP contribution in [0.5, 0.6) is 0 Å². The first-order valence-corrected chi connectivity index (χ1v) is 17.3. The lowest BCUT2D eigenvalue weighted by Crippen LogP contribution is -2.53. The standard InChI is InChI=1S/C31H39F5N4O5S/c1-15(2)9-18-25(38-45-28(18)16-3-4-16)29(30(44)5-7-31(35,36)8-6-30)46-14-22(42)26(27(43)23(46)13-41)40-12-21(37-39-40)17-10-19(32)24(34)20(33)11-17/h10-12,15-16,22-23,26-27,29,41-44,46H,3-9,13-14H2,1-2H3/t22-,23+,26-,27-,29+/m0/s1. The number of nitrogens with zero attached hydrogens (tertiary/aromatic N) is 4. The maximum atomic E-state index is 14.4. The molecule has 3 fully saturated rings. The normalized spacial score (nSPS) is 29.3. The second kappa shape index (κ2) is 12.5. The van der Waals surface area contributed by atoms with Crippen LogP contribution >= 0.6 is 10.9 Å². The van der Waals surface area contributed by atoms with Crippen molar-refractivity contribution in [2.45, 2.75) is 105 Å². The SMILES string of the molecule is CC(C)Cc1c([C@@H]([SH]2C[C@H](O)[C@H](n3cc(-c4cc(F)c(F)c(F)c4)nn3)[C@@H](O)[C@H]2CO)C2(O)CCC(F)(F)CC2)noc1C1CC1. The molecule has 3 aliphatic rings. The second-order valence-corrected chi connectivity index (χ2v) is 16.1. The third-order valence-corrected chi connectivity index (χ3v) is 13.1. The Morgan fingerprint density at radius 2 is 1.72 bits per heavy atom. The van der Waals surface area contributed by atoms with E-state index in [1.807, 2.05) is 13.8 Å². The van der Waals surface area contributed by atoms with Gasteiger partial charge in [0.1, 0.15) is 23.2 Å². The van der Waals surface area contributed by atoms with Gasteiger partial charge in [-0.25, -0.2) is 37.5 Å². The van der Waals surface area contributed by atoms with Crippen molar-refractivity contribution >= 4 is 10.9 Å². The quantitative estimate of drug-likeness (QED) is 0.125. The van der Waals surface area contributed by atoms with Crippen LogP contribution in [0.2, 0.25) is 0 Å². The van der Waals surface area contributed by atoms with Crippen molar-refractivity contribution in [3.8, 4) is 11.3 Å². The number of hydrogen-bond acceptors (Lipinski definition) is 8. The number of halogens is 5. The molecule has 0 bridgehead atoms. The van der Waals surface area contributed by atoms with Gasteiger partial charge in [-0.2, -0.15) is 0 Å². The Hall–Kier alpha value is -2.59. The first-order chi connectivity index (χ1) is 21.7. The summed E-state index contributed by atoms with van der Waals surface area (Å²) in [6.07, 6.45) is -0.645. The highest BCUT2D eigenvalue weighted by atomic mass is 32.2. The van der Waals surface area contributed by atoms with Gasteiger partial charge in [-0.15, -0.1) is 5.10 Å². The highest BCUT2D eigenvalue weighted by molar-refractivity contribution is 8.18. The molecule has 1 aliphatic heterocycles. The Kier molecular flexibility index (Phi) is 9.02. The zero-order valence-electron chi connectivity index (χ0n) is 25.5. The molecule has 1 aromatic carbocycles. The fourth-order valence-corrected chi connectivity index (χ4v) is 10.8. The first kappa shape index (κ1) is 33.3. The van der Waals surface area contributed by atoms with Gasteiger partial charge >= 0.3 is 0 Å². The summed E-state index contributed by atoms with van der Waals surface area (Å²) in [7, 11) is -1.72. The zero-order valence-corrected chi connectivity index (χ0v) is 26.4. The molecule has 3 aromatic rings. The summed E-state index contributed by atoms with van der Waals surface area (Å²) >= 11 is 0. The largest absolute Gasteiger partial charge is 0.395 e. The molecule has 254 valence electrons. The van der Waals surface area contributed by atoms with Crippen molar-refractivity contribution in [2.24, 2.45) is 5.92 Å². The summed E-state index contributed by atoms with van der Waals surface area (Å²) < 4.78 is 77.1. The average molecular weight is 675 g/mol. The molecule has 2 aromatic heterocycles. The predicted octanol–water partition coefficient (Wildman–Crippen LogP) is 4.75. The smallest absolute Gasteiger partial charge is 0.248 e. The van der Waals surface area contributed by atoms with Crippen LogP contribution in [0.25, 0.3) is 11.3 Å². The maximum absolute atomic E-state index is 14.4. The molecule has 46 heavy (non-hydrogen) atoms. The highest BCUT2D eigenvalue weighted by Gasteiger charge is 2.55. The lowest BCUT2D eigenvalue weighted by Gasteiger charge is -2.52. The van der Waals surface area contributed by atoms with Crippen LogP contribution in [0.3, 0.4) is 0 Å². The van der Waals surface area contributed by atoms with Crippen LogP contribution in [-0.4, -0.2) is 81.9 Å². The van der Waals surface area contributed by atoms with Gasteiger partial charge in [0.2, 0.25) is 5.92 Å². The lowest BCUT2D eigenvalue weighted by atomic mass is 9.78. The van der Waals surface area contributed by atoms with Gasteiger partial charge in [0, 0.05) is 40.9 Å². The van der Waals surface area contributed by atoms with Crippen molar-refractivity contribution in [3.63, 3.8) is 0 Å². The van der Waals surface area contributed by atoms with Crippen molar-refractivity contribution < 1.29 is 46.9 Å². The minimum atomic E-state index is -2.94. The number of alkyl halides is 2. The van der Waals surface area contributed by atoms with Gasteiger partial charge in [-0.3, -0.25) is 0 Å². The van der Waals surface area contributed by atoms with E-state index in [0.29, 0.717) is 17.9 Å². The molecular weight excluding hydrogens is 635 g/mol. The number of aromatic nitrogens is 4. The van der Waals surface area contributed by atoms with Crippen molar-refractivity contribution in [2.75, 3.05) is 12.4 Å². The van der Waals surface area contributed by atoms with Gasteiger partial charge in [0.25, 0.3) is 0 Å². The van der Waals surface area contributed by atoms with Crippen molar-refractivity contribution in [1.82, 2.24) is 20.2 Å². The van der Waals surface area contributed by atoms with Crippen molar-refractivity contribution in [1.29, 1.82) is 0 Å². The monoisotopic (exact) mass is 674 g/mol. The molecular formula is C31H39F5N4O5S. The van der Waals surface area contributed by atoms with E-state index in [1.165, 1.54) is 6.20 Å². The van der Waals surface area contributed by atoms with Crippen LogP contribution in [0.15, 0.2) is 22.9 Å². The third kappa shape index (κ3) is 6.20. The third-order valence-electron chi connectivity index (χ3n) is 9.60. The molecule has 4 N–H and O–H groups in total. The van der Waals surface area contributed by atoms with E-state index in [4.69, 9.17) is 4.52 Å². The van der Waals surface area contributed by atoms with Crippen LogP contribution in [0.4, 0.5) is 22.0 Å². The number of hydrogen-bond donors (Lipinski definition) is 5. The number of benzene rings is 1. The maximum Gasteiger partial charge on any atom is 0.248 e. The average Bonchev–Trinajstić information content (AvgIpc) is 3.58.